The summed E-state index contributed by atoms with van der Waals surface area (Å²) in [5.74, 6) is 0.825. The molecule has 122 valence electrons. The number of unbranched alkanes of at least 4 members (excludes halogenated alkanes) is 2. The predicted molar refractivity (Wildman–Crippen MR) is 97.2 cm³/mol. The minimum absolute atomic E-state index is 0.114. The van der Waals surface area contributed by atoms with Gasteiger partial charge in [0.1, 0.15) is 0 Å². The normalized spacial score (nSPS) is 11.0. The van der Waals surface area contributed by atoms with Crippen molar-refractivity contribution < 1.29 is 0 Å². The number of nitrogens with one attached hydrogen (secondary N) is 1. The smallest absolute Gasteiger partial charge is 0.224 e. The Bertz CT molecular complexity index is 670. The summed E-state index contributed by atoms with van der Waals surface area (Å²) < 4.78 is 0.977. The van der Waals surface area contributed by atoms with Crippen molar-refractivity contribution in [3.05, 3.63) is 28.7 Å². The van der Waals surface area contributed by atoms with Gasteiger partial charge in [0.05, 0.1) is 5.69 Å². The van der Waals surface area contributed by atoms with Crippen LogP contribution in [0.2, 0.25) is 0 Å². The second-order valence-corrected chi connectivity index (χ2v) is 5.89. The molecule has 0 aliphatic rings. The molecule has 0 bridgehead atoms. The van der Waals surface area contributed by atoms with Crippen molar-refractivity contribution in [3.63, 3.8) is 0 Å². The van der Waals surface area contributed by atoms with Gasteiger partial charge in [-0.25, -0.2) is 0 Å². The van der Waals surface area contributed by atoms with Crippen LogP contribution in [0.3, 0.4) is 0 Å². The number of nitrogen functional groups attached to an aromatic ring is 2. The summed E-state index contributed by atoms with van der Waals surface area (Å²) in [6.45, 7) is 2.92. The van der Waals surface area contributed by atoms with E-state index in [1.54, 1.807) is 0 Å². The molecule has 1 aromatic carbocycles. The van der Waals surface area contributed by atoms with E-state index in [4.69, 9.17) is 11.5 Å². The van der Waals surface area contributed by atoms with Gasteiger partial charge in [-0.15, -0.1) is 5.11 Å². The summed E-state index contributed by atoms with van der Waals surface area (Å²) >= 11 is 3.38. The van der Waals surface area contributed by atoms with Crippen LogP contribution in [0, 0.1) is 0 Å². The van der Waals surface area contributed by atoms with E-state index in [2.05, 4.69) is 48.4 Å². The first-order valence-corrected chi connectivity index (χ1v) is 8.23. The lowest BCUT2D eigenvalue weighted by Crippen LogP contribution is -2.08. The summed E-state index contributed by atoms with van der Waals surface area (Å²) in [4.78, 5) is 8.12. The van der Waals surface area contributed by atoms with Crippen LogP contribution in [0.5, 0.6) is 0 Å². The lowest BCUT2D eigenvalue weighted by molar-refractivity contribution is 0.742. The van der Waals surface area contributed by atoms with Crippen molar-refractivity contribution in [3.8, 4) is 0 Å². The third-order valence-corrected chi connectivity index (χ3v) is 3.62. The standard InChI is InChI=1S/C15H20BrN7/c1-2-3-4-9-19-14-12(13(17)20-15(18)21-14)23-22-11-7-5-10(16)6-8-11/h5-8H,2-4,9H2,1H3,(H5,17,18,19,20,21). The van der Waals surface area contributed by atoms with Gasteiger partial charge in [-0.1, -0.05) is 35.7 Å². The van der Waals surface area contributed by atoms with Gasteiger partial charge >= 0.3 is 0 Å². The second-order valence-electron chi connectivity index (χ2n) is 4.97. The molecule has 0 saturated carbocycles. The Morgan fingerprint density at radius 2 is 1.83 bits per heavy atom. The molecule has 0 saturated heterocycles. The molecule has 0 atom stereocenters. The highest BCUT2D eigenvalue weighted by molar-refractivity contribution is 9.10. The SMILES string of the molecule is CCCCCNc1nc(N)nc(N)c1N=Nc1ccc(Br)cc1. The second kappa shape index (κ2) is 8.42. The zero-order chi connectivity index (χ0) is 16.7. The number of rotatable bonds is 7. The summed E-state index contributed by atoms with van der Waals surface area (Å²) in [5, 5.41) is 11.6. The zero-order valence-electron chi connectivity index (χ0n) is 13.0. The fourth-order valence-electron chi connectivity index (χ4n) is 1.91. The Morgan fingerprint density at radius 1 is 1.09 bits per heavy atom. The maximum Gasteiger partial charge on any atom is 0.224 e. The Labute approximate surface area is 143 Å². The monoisotopic (exact) mass is 377 g/mol. The van der Waals surface area contributed by atoms with Crippen molar-refractivity contribution in [1.29, 1.82) is 0 Å². The molecule has 0 spiro atoms. The average Bonchev–Trinajstić information content (AvgIpc) is 2.52. The molecule has 0 amide bonds. The van der Waals surface area contributed by atoms with E-state index in [-0.39, 0.29) is 11.8 Å². The van der Waals surface area contributed by atoms with E-state index in [9.17, 15) is 0 Å². The van der Waals surface area contributed by atoms with Crippen LogP contribution in [0.4, 0.5) is 29.0 Å². The van der Waals surface area contributed by atoms with Crippen LogP contribution in [0.25, 0.3) is 0 Å². The van der Waals surface area contributed by atoms with E-state index in [0.29, 0.717) is 17.2 Å². The van der Waals surface area contributed by atoms with Gasteiger partial charge in [-0.3, -0.25) is 0 Å². The number of nitrogens with two attached hydrogens (primary N) is 2. The molecule has 0 unspecified atom stereocenters. The molecular formula is C15H20BrN7. The molecule has 5 N–H and O–H groups in total. The van der Waals surface area contributed by atoms with Gasteiger partial charge in [-0.05, 0) is 30.7 Å². The third-order valence-electron chi connectivity index (χ3n) is 3.09. The first-order valence-electron chi connectivity index (χ1n) is 7.44. The molecule has 0 aliphatic carbocycles. The molecule has 23 heavy (non-hydrogen) atoms. The predicted octanol–water partition coefficient (Wildman–Crippen LogP) is 4.42. The fourth-order valence-corrected chi connectivity index (χ4v) is 2.17. The van der Waals surface area contributed by atoms with Crippen LogP contribution >= 0.6 is 15.9 Å². The van der Waals surface area contributed by atoms with Gasteiger partial charge < -0.3 is 16.8 Å². The van der Waals surface area contributed by atoms with Crippen LogP contribution < -0.4 is 16.8 Å². The van der Waals surface area contributed by atoms with E-state index in [1.165, 1.54) is 0 Å². The van der Waals surface area contributed by atoms with Crippen LogP contribution in [-0.4, -0.2) is 16.5 Å². The Morgan fingerprint density at radius 3 is 2.52 bits per heavy atom. The number of aromatic nitrogens is 2. The highest BCUT2D eigenvalue weighted by Gasteiger charge is 2.11. The van der Waals surface area contributed by atoms with E-state index in [1.807, 2.05) is 24.3 Å². The number of hydrogen-bond donors (Lipinski definition) is 3. The summed E-state index contributed by atoms with van der Waals surface area (Å²) in [5.41, 5.74) is 12.7. The summed E-state index contributed by atoms with van der Waals surface area (Å²) in [6.07, 6.45) is 3.31. The zero-order valence-corrected chi connectivity index (χ0v) is 14.5. The lowest BCUT2D eigenvalue weighted by Gasteiger charge is -2.09. The molecule has 1 heterocycles. The minimum Gasteiger partial charge on any atom is -0.382 e. The third kappa shape index (κ3) is 5.17. The summed E-state index contributed by atoms with van der Waals surface area (Å²) in [7, 11) is 0. The maximum atomic E-state index is 5.91. The van der Waals surface area contributed by atoms with Crippen molar-refractivity contribution >= 4 is 44.9 Å². The molecule has 8 heteroatoms. The average molecular weight is 378 g/mol. The molecule has 2 aromatic rings. The van der Waals surface area contributed by atoms with E-state index in [0.717, 1.165) is 30.3 Å². The first-order chi connectivity index (χ1) is 11.1. The maximum absolute atomic E-state index is 5.91. The molecule has 1 aromatic heterocycles. The largest absolute Gasteiger partial charge is 0.382 e. The molecule has 0 aliphatic heterocycles. The lowest BCUT2D eigenvalue weighted by atomic mass is 10.2. The van der Waals surface area contributed by atoms with Gasteiger partial charge in [0, 0.05) is 11.0 Å². The number of azo groups is 1. The van der Waals surface area contributed by atoms with Gasteiger partial charge in [0.2, 0.25) is 5.95 Å². The molecule has 0 radical (unpaired) electrons. The first kappa shape index (κ1) is 17.1. The van der Waals surface area contributed by atoms with Crippen LogP contribution in [0.15, 0.2) is 39.0 Å². The number of halogens is 1. The Kier molecular flexibility index (Phi) is 6.28. The quantitative estimate of drug-likeness (QED) is 0.487. The highest BCUT2D eigenvalue weighted by Crippen LogP contribution is 2.31. The van der Waals surface area contributed by atoms with Crippen molar-refractivity contribution in [2.75, 3.05) is 23.3 Å². The number of nitrogens with zero attached hydrogens (tertiary/aromatic N) is 4. The molecule has 0 fully saturated rings. The molecule has 7 nitrogen and oxygen atoms in total. The van der Waals surface area contributed by atoms with Crippen molar-refractivity contribution in [1.82, 2.24) is 9.97 Å². The number of anilines is 3. The van der Waals surface area contributed by atoms with Crippen LogP contribution in [-0.2, 0) is 0 Å². The van der Waals surface area contributed by atoms with Gasteiger partial charge in [0.25, 0.3) is 0 Å². The number of hydrogen-bond acceptors (Lipinski definition) is 7. The summed E-state index contributed by atoms with van der Waals surface area (Å²) in [6, 6.07) is 7.47. The topological polar surface area (TPSA) is 115 Å². The fraction of sp³-hybridized carbons (Fsp3) is 0.333. The molecule has 2 rings (SSSR count). The Hall–Kier alpha value is -2.22. The van der Waals surface area contributed by atoms with E-state index < -0.39 is 0 Å². The minimum atomic E-state index is 0.114. The van der Waals surface area contributed by atoms with Gasteiger partial charge in [-0.2, -0.15) is 15.1 Å². The van der Waals surface area contributed by atoms with Gasteiger partial charge in [0.15, 0.2) is 17.3 Å². The highest BCUT2D eigenvalue weighted by atomic mass is 79.9. The van der Waals surface area contributed by atoms with E-state index >= 15 is 0 Å². The van der Waals surface area contributed by atoms with Crippen molar-refractivity contribution in [2.45, 2.75) is 26.2 Å². The van der Waals surface area contributed by atoms with Crippen LogP contribution in [0.1, 0.15) is 26.2 Å². The number of benzene rings is 1. The van der Waals surface area contributed by atoms with Crippen molar-refractivity contribution in [2.24, 2.45) is 10.2 Å². The Balaban J connectivity index is 2.20. The molecular weight excluding hydrogens is 358 g/mol.